The molecule has 0 aliphatic carbocycles. The molecule has 0 heterocycles. The number of rotatable bonds is 10. The van der Waals surface area contributed by atoms with Gasteiger partial charge in [-0.1, -0.05) is 19.1 Å². The number of anilines is 1. The molecular formula is C22H27N3O5. The number of benzene rings is 2. The molecule has 160 valence electrons. The smallest absolute Gasteiger partial charge is 0.329 e. The molecule has 0 bridgehead atoms. The van der Waals surface area contributed by atoms with Gasteiger partial charge in [-0.15, -0.1) is 0 Å². The lowest BCUT2D eigenvalue weighted by atomic mass is 10.2. The molecule has 0 radical (unpaired) electrons. The third-order valence-corrected chi connectivity index (χ3v) is 3.75. The summed E-state index contributed by atoms with van der Waals surface area (Å²) in [6, 6.07) is 12.2. The van der Waals surface area contributed by atoms with Crippen molar-refractivity contribution in [2.24, 2.45) is 5.10 Å². The average Bonchev–Trinajstić information content (AvgIpc) is 2.75. The van der Waals surface area contributed by atoms with Gasteiger partial charge in [0.05, 0.1) is 31.7 Å². The quantitative estimate of drug-likeness (QED) is 0.354. The lowest BCUT2D eigenvalue weighted by molar-refractivity contribution is -0.136. The Bertz CT molecular complexity index is 883. The molecule has 0 spiro atoms. The summed E-state index contributed by atoms with van der Waals surface area (Å²) < 4.78 is 16.7. The zero-order valence-corrected chi connectivity index (χ0v) is 17.4. The highest BCUT2D eigenvalue weighted by atomic mass is 16.5. The molecule has 8 heteroatoms. The Morgan fingerprint density at radius 2 is 1.63 bits per heavy atom. The molecule has 0 fully saturated rings. The van der Waals surface area contributed by atoms with E-state index in [1.807, 2.05) is 20.8 Å². The Morgan fingerprint density at radius 3 is 2.37 bits per heavy atom. The SMILES string of the molecule is CCCOc1ccc(/C=N/NC(=O)C(=O)Nc2ccccc2OCC)cc1OCC. The lowest BCUT2D eigenvalue weighted by Gasteiger charge is -2.12. The Balaban J connectivity index is 1.98. The van der Waals surface area contributed by atoms with Gasteiger partial charge in [0.2, 0.25) is 0 Å². The average molecular weight is 413 g/mol. The van der Waals surface area contributed by atoms with Gasteiger partial charge >= 0.3 is 11.8 Å². The van der Waals surface area contributed by atoms with Crippen LogP contribution in [0.3, 0.4) is 0 Å². The summed E-state index contributed by atoms with van der Waals surface area (Å²) in [5.74, 6) is -0.0275. The van der Waals surface area contributed by atoms with E-state index < -0.39 is 11.8 Å². The first-order valence-electron chi connectivity index (χ1n) is 9.84. The van der Waals surface area contributed by atoms with Gasteiger partial charge in [-0.3, -0.25) is 9.59 Å². The zero-order chi connectivity index (χ0) is 21.8. The van der Waals surface area contributed by atoms with Crippen LogP contribution in [0.25, 0.3) is 0 Å². The van der Waals surface area contributed by atoms with Crippen LogP contribution < -0.4 is 25.0 Å². The van der Waals surface area contributed by atoms with Crippen molar-refractivity contribution in [3.8, 4) is 17.2 Å². The normalized spacial score (nSPS) is 10.5. The number of nitrogens with one attached hydrogen (secondary N) is 2. The van der Waals surface area contributed by atoms with Gasteiger partial charge in [-0.05, 0) is 56.2 Å². The van der Waals surface area contributed by atoms with E-state index in [0.717, 1.165) is 6.42 Å². The fraction of sp³-hybridized carbons (Fsp3) is 0.318. The van der Waals surface area contributed by atoms with Crippen LogP contribution in [0.4, 0.5) is 5.69 Å². The van der Waals surface area contributed by atoms with Crippen molar-refractivity contribution in [1.29, 1.82) is 0 Å². The number of amides is 2. The van der Waals surface area contributed by atoms with Crippen molar-refractivity contribution in [2.45, 2.75) is 27.2 Å². The molecule has 0 aromatic heterocycles. The molecule has 8 nitrogen and oxygen atoms in total. The summed E-state index contributed by atoms with van der Waals surface area (Å²) in [4.78, 5) is 24.1. The second kappa shape index (κ2) is 12.1. The number of carbonyl (C=O) groups is 2. The molecule has 0 saturated heterocycles. The predicted octanol–water partition coefficient (Wildman–Crippen LogP) is 3.36. The molecule has 2 N–H and O–H groups in total. The van der Waals surface area contributed by atoms with Gasteiger partial charge < -0.3 is 19.5 Å². The van der Waals surface area contributed by atoms with Crippen LogP contribution in [0.2, 0.25) is 0 Å². The maximum absolute atomic E-state index is 12.1. The third kappa shape index (κ3) is 6.80. The van der Waals surface area contributed by atoms with Gasteiger partial charge in [-0.2, -0.15) is 5.10 Å². The zero-order valence-electron chi connectivity index (χ0n) is 17.4. The highest BCUT2D eigenvalue weighted by molar-refractivity contribution is 6.39. The van der Waals surface area contributed by atoms with E-state index in [9.17, 15) is 9.59 Å². The first-order chi connectivity index (χ1) is 14.6. The maximum atomic E-state index is 12.1. The topological polar surface area (TPSA) is 98.2 Å². The van der Waals surface area contributed by atoms with Crippen LogP contribution in [-0.4, -0.2) is 37.8 Å². The number of ether oxygens (including phenoxy) is 3. The third-order valence-electron chi connectivity index (χ3n) is 3.75. The van der Waals surface area contributed by atoms with Gasteiger partial charge in [-0.25, -0.2) is 5.43 Å². The summed E-state index contributed by atoms with van der Waals surface area (Å²) in [6.45, 7) is 7.26. The van der Waals surface area contributed by atoms with E-state index in [4.69, 9.17) is 14.2 Å². The monoisotopic (exact) mass is 413 g/mol. The molecule has 0 unspecified atom stereocenters. The van der Waals surface area contributed by atoms with E-state index in [0.29, 0.717) is 48.3 Å². The van der Waals surface area contributed by atoms with Crippen LogP contribution in [0.5, 0.6) is 17.2 Å². The van der Waals surface area contributed by atoms with E-state index in [-0.39, 0.29) is 0 Å². The van der Waals surface area contributed by atoms with E-state index in [1.165, 1.54) is 6.21 Å². The maximum Gasteiger partial charge on any atom is 0.329 e. The first-order valence-corrected chi connectivity index (χ1v) is 9.84. The highest BCUT2D eigenvalue weighted by Crippen LogP contribution is 2.28. The minimum absolute atomic E-state index is 0.410. The number of hydrogen-bond acceptors (Lipinski definition) is 6. The van der Waals surface area contributed by atoms with E-state index in [2.05, 4.69) is 15.8 Å². The van der Waals surface area contributed by atoms with Crippen LogP contribution in [-0.2, 0) is 9.59 Å². The number of hydrogen-bond donors (Lipinski definition) is 2. The minimum Gasteiger partial charge on any atom is -0.492 e. The van der Waals surface area contributed by atoms with Gasteiger partial charge in [0, 0.05) is 0 Å². The van der Waals surface area contributed by atoms with E-state index in [1.54, 1.807) is 42.5 Å². The molecule has 2 amide bonds. The van der Waals surface area contributed by atoms with Crippen LogP contribution in [0.15, 0.2) is 47.6 Å². The Kier molecular flexibility index (Phi) is 9.18. The Labute approximate surface area is 176 Å². The molecule has 0 aliphatic rings. The number of nitrogens with zero attached hydrogens (tertiary/aromatic N) is 1. The molecule has 0 saturated carbocycles. The van der Waals surface area contributed by atoms with Crippen molar-refractivity contribution in [3.05, 3.63) is 48.0 Å². The fourth-order valence-corrected chi connectivity index (χ4v) is 2.45. The van der Waals surface area contributed by atoms with Crippen LogP contribution in [0.1, 0.15) is 32.8 Å². The van der Waals surface area contributed by atoms with Crippen molar-refractivity contribution in [3.63, 3.8) is 0 Å². The van der Waals surface area contributed by atoms with Crippen LogP contribution >= 0.6 is 0 Å². The van der Waals surface area contributed by atoms with Crippen molar-refractivity contribution in [1.82, 2.24) is 5.43 Å². The second-order valence-corrected chi connectivity index (χ2v) is 6.07. The molecule has 0 atom stereocenters. The molecule has 0 aliphatic heterocycles. The largest absolute Gasteiger partial charge is 0.492 e. The fourth-order valence-electron chi connectivity index (χ4n) is 2.45. The number of carbonyl (C=O) groups excluding carboxylic acids is 2. The van der Waals surface area contributed by atoms with Crippen molar-refractivity contribution in [2.75, 3.05) is 25.1 Å². The molecular weight excluding hydrogens is 386 g/mol. The Hall–Kier alpha value is -3.55. The second-order valence-electron chi connectivity index (χ2n) is 6.07. The van der Waals surface area contributed by atoms with Gasteiger partial charge in [0.15, 0.2) is 11.5 Å². The number of para-hydroxylation sites is 2. The molecule has 2 rings (SSSR count). The van der Waals surface area contributed by atoms with Crippen LogP contribution in [0, 0.1) is 0 Å². The van der Waals surface area contributed by atoms with Gasteiger partial charge in [0.25, 0.3) is 0 Å². The van der Waals surface area contributed by atoms with E-state index >= 15 is 0 Å². The molecule has 2 aromatic carbocycles. The predicted molar refractivity (Wildman–Crippen MR) is 115 cm³/mol. The summed E-state index contributed by atoms with van der Waals surface area (Å²) in [5, 5.41) is 6.35. The van der Waals surface area contributed by atoms with Crippen molar-refractivity contribution >= 4 is 23.7 Å². The summed E-state index contributed by atoms with van der Waals surface area (Å²) in [6.07, 6.45) is 2.31. The number of hydrazone groups is 1. The standard InChI is InChI=1S/C22H27N3O5/c1-4-13-30-19-12-11-16(14-20(19)29-6-3)15-23-25-22(27)21(26)24-17-9-7-8-10-18(17)28-5-2/h7-12,14-15H,4-6,13H2,1-3H3,(H,24,26)(H,25,27)/b23-15+. The molecule has 30 heavy (non-hydrogen) atoms. The molecule has 2 aromatic rings. The first kappa shape index (κ1) is 22.7. The summed E-state index contributed by atoms with van der Waals surface area (Å²) in [5.41, 5.74) is 3.30. The Morgan fingerprint density at radius 1 is 0.900 bits per heavy atom. The van der Waals surface area contributed by atoms with Crippen molar-refractivity contribution < 1.29 is 23.8 Å². The summed E-state index contributed by atoms with van der Waals surface area (Å²) in [7, 11) is 0. The van der Waals surface area contributed by atoms with Gasteiger partial charge in [0.1, 0.15) is 5.75 Å². The lowest BCUT2D eigenvalue weighted by Crippen LogP contribution is -2.32. The highest BCUT2D eigenvalue weighted by Gasteiger charge is 2.15. The summed E-state index contributed by atoms with van der Waals surface area (Å²) >= 11 is 0. The minimum atomic E-state index is -0.898.